The molecule has 0 saturated heterocycles. The van der Waals surface area contributed by atoms with Crippen molar-refractivity contribution in [2.24, 2.45) is 0 Å². The first kappa shape index (κ1) is 14.0. The topological polar surface area (TPSA) is 69.0 Å². The first-order valence-electron chi connectivity index (χ1n) is 6.01. The van der Waals surface area contributed by atoms with Gasteiger partial charge in [-0.25, -0.2) is 4.98 Å². The minimum absolute atomic E-state index is 0.00666. The summed E-state index contributed by atoms with van der Waals surface area (Å²) in [5.74, 6) is 0.477. The molecule has 1 heterocycles. The monoisotopic (exact) mass is 246 g/mol. The number of nitrogens with zero attached hydrogens (tertiary/aromatic N) is 3. The zero-order chi connectivity index (χ0) is 13.5. The summed E-state index contributed by atoms with van der Waals surface area (Å²) >= 11 is 0. The number of aryl methyl sites for hydroxylation is 1. The molecule has 1 N–H and O–H groups in total. The molecule has 0 radical (unpaired) electrons. The average Bonchev–Trinajstić information content (AvgIpc) is 2.37. The second kappa shape index (κ2) is 6.60. The lowest BCUT2D eigenvalue weighted by Crippen LogP contribution is -2.35. The predicted octanol–water partition coefficient (Wildman–Crippen LogP) is 1.54. The zero-order valence-electron chi connectivity index (χ0n) is 11.0. The molecule has 1 amide bonds. The van der Waals surface area contributed by atoms with E-state index in [4.69, 9.17) is 5.26 Å². The Morgan fingerprint density at radius 3 is 2.72 bits per heavy atom. The van der Waals surface area contributed by atoms with E-state index in [0.717, 1.165) is 5.56 Å². The van der Waals surface area contributed by atoms with E-state index in [1.54, 1.807) is 17.2 Å². The Balaban J connectivity index is 2.73. The quantitative estimate of drug-likeness (QED) is 0.855. The molecule has 0 atom stereocenters. The largest absolute Gasteiger partial charge is 0.360 e. The second-order valence-electron chi connectivity index (χ2n) is 3.88. The Kier molecular flexibility index (Phi) is 5.12. The Morgan fingerprint density at radius 2 is 2.17 bits per heavy atom. The summed E-state index contributed by atoms with van der Waals surface area (Å²) in [6, 6.07) is 3.87. The van der Waals surface area contributed by atoms with Crippen molar-refractivity contribution in [1.29, 1.82) is 5.26 Å². The highest BCUT2D eigenvalue weighted by molar-refractivity contribution is 5.81. The molecule has 0 fully saturated rings. The Hall–Kier alpha value is -2.09. The van der Waals surface area contributed by atoms with Gasteiger partial charge in [-0.2, -0.15) is 5.26 Å². The molecule has 1 aromatic rings. The molecule has 96 valence electrons. The van der Waals surface area contributed by atoms with Crippen molar-refractivity contribution in [3.63, 3.8) is 0 Å². The third kappa shape index (κ3) is 3.20. The number of carbonyl (C=O) groups excluding carboxylic acids is 1. The van der Waals surface area contributed by atoms with Crippen molar-refractivity contribution in [3.8, 4) is 6.07 Å². The van der Waals surface area contributed by atoms with Crippen molar-refractivity contribution < 1.29 is 4.79 Å². The first-order chi connectivity index (χ1) is 8.63. The van der Waals surface area contributed by atoms with Crippen LogP contribution in [0.15, 0.2) is 12.3 Å². The third-order valence-electron chi connectivity index (χ3n) is 2.79. The zero-order valence-corrected chi connectivity index (χ0v) is 11.0. The molecule has 0 aliphatic rings. The van der Waals surface area contributed by atoms with E-state index in [1.165, 1.54) is 0 Å². The van der Waals surface area contributed by atoms with Gasteiger partial charge in [0, 0.05) is 19.3 Å². The minimum Gasteiger partial charge on any atom is -0.360 e. The molecule has 0 spiro atoms. The number of rotatable bonds is 5. The molecule has 5 heteroatoms. The van der Waals surface area contributed by atoms with Gasteiger partial charge in [0.15, 0.2) is 0 Å². The van der Waals surface area contributed by atoms with E-state index in [1.807, 2.05) is 20.8 Å². The van der Waals surface area contributed by atoms with Crippen LogP contribution in [0.3, 0.4) is 0 Å². The fraction of sp³-hybridized carbons (Fsp3) is 0.462. The van der Waals surface area contributed by atoms with Gasteiger partial charge in [-0.3, -0.25) is 4.79 Å². The van der Waals surface area contributed by atoms with Crippen LogP contribution in [0, 0.1) is 18.3 Å². The van der Waals surface area contributed by atoms with E-state index < -0.39 is 0 Å². The molecular formula is C13H18N4O. The maximum absolute atomic E-state index is 11.8. The van der Waals surface area contributed by atoms with Crippen LogP contribution in [-0.4, -0.2) is 35.4 Å². The van der Waals surface area contributed by atoms with Gasteiger partial charge in [-0.15, -0.1) is 0 Å². The minimum atomic E-state index is 0.00666. The molecule has 0 aromatic carbocycles. The molecule has 5 nitrogen and oxygen atoms in total. The maximum Gasteiger partial charge on any atom is 0.241 e. The molecule has 0 aliphatic heterocycles. The average molecular weight is 246 g/mol. The Bertz CT molecular complexity index is 461. The van der Waals surface area contributed by atoms with Gasteiger partial charge in [0.2, 0.25) is 5.91 Å². The van der Waals surface area contributed by atoms with E-state index in [-0.39, 0.29) is 12.5 Å². The Morgan fingerprint density at radius 1 is 1.50 bits per heavy atom. The molecule has 0 unspecified atom stereocenters. The number of hydrogen-bond donors (Lipinski definition) is 1. The van der Waals surface area contributed by atoms with Crippen LogP contribution in [0.5, 0.6) is 0 Å². The van der Waals surface area contributed by atoms with Crippen LogP contribution in [0.4, 0.5) is 5.82 Å². The van der Waals surface area contributed by atoms with E-state index >= 15 is 0 Å². The van der Waals surface area contributed by atoms with Crippen LogP contribution < -0.4 is 5.32 Å². The summed E-state index contributed by atoms with van der Waals surface area (Å²) in [6.45, 7) is 7.25. The lowest BCUT2D eigenvalue weighted by molar-refractivity contribution is -0.128. The number of carbonyl (C=O) groups is 1. The van der Waals surface area contributed by atoms with Crippen molar-refractivity contribution in [1.82, 2.24) is 9.88 Å². The second-order valence-corrected chi connectivity index (χ2v) is 3.88. The van der Waals surface area contributed by atoms with Crippen molar-refractivity contribution in [2.75, 3.05) is 25.0 Å². The van der Waals surface area contributed by atoms with Gasteiger partial charge in [0.1, 0.15) is 11.9 Å². The van der Waals surface area contributed by atoms with Crippen LogP contribution in [0.25, 0.3) is 0 Å². The van der Waals surface area contributed by atoms with Gasteiger partial charge in [-0.1, -0.05) is 0 Å². The number of anilines is 1. The molecule has 18 heavy (non-hydrogen) atoms. The molecule has 1 aromatic heterocycles. The summed E-state index contributed by atoms with van der Waals surface area (Å²) in [5, 5.41) is 12.0. The summed E-state index contributed by atoms with van der Waals surface area (Å²) < 4.78 is 0. The van der Waals surface area contributed by atoms with Crippen LogP contribution in [0.1, 0.15) is 25.0 Å². The number of hydrogen-bond acceptors (Lipinski definition) is 4. The van der Waals surface area contributed by atoms with Crippen LogP contribution >= 0.6 is 0 Å². The fourth-order valence-electron chi connectivity index (χ4n) is 1.68. The Labute approximate surface area is 107 Å². The lowest BCUT2D eigenvalue weighted by Gasteiger charge is -2.19. The highest BCUT2D eigenvalue weighted by Crippen LogP contribution is 2.14. The fourth-order valence-corrected chi connectivity index (χ4v) is 1.68. The number of amides is 1. The van der Waals surface area contributed by atoms with Gasteiger partial charge >= 0.3 is 0 Å². The highest BCUT2D eigenvalue weighted by atomic mass is 16.2. The number of nitriles is 1. The van der Waals surface area contributed by atoms with E-state index in [9.17, 15) is 4.79 Å². The van der Waals surface area contributed by atoms with Crippen LogP contribution in [0.2, 0.25) is 0 Å². The summed E-state index contributed by atoms with van der Waals surface area (Å²) in [5.41, 5.74) is 1.34. The molecule has 0 saturated carbocycles. The van der Waals surface area contributed by atoms with Crippen molar-refractivity contribution >= 4 is 11.7 Å². The van der Waals surface area contributed by atoms with Gasteiger partial charge < -0.3 is 10.2 Å². The molecular weight excluding hydrogens is 228 g/mol. The van der Waals surface area contributed by atoms with Gasteiger partial charge in [0.05, 0.1) is 12.1 Å². The number of pyridine rings is 1. The number of likely N-dealkylation sites (N-methyl/N-ethyl adjacent to an activating group) is 1. The first-order valence-corrected chi connectivity index (χ1v) is 6.01. The summed E-state index contributed by atoms with van der Waals surface area (Å²) in [7, 11) is 0. The smallest absolute Gasteiger partial charge is 0.241 e. The maximum atomic E-state index is 11.8. The third-order valence-corrected chi connectivity index (χ3v) is 2.79. The number of nitrogens with one attached hydrogen (secondary N) is 1. The number of aromatic nitrogens is 1. The summed E-state index contributed by atoms with van der Waals surface area (Å²) in [6.07, 6.45) is 1.63. The molecule has 0 bridgehead atoms. The van der Waals surface area contributed by atoms with E-state index in [2.05, 4.69) is 16.4 Å². The summed E-state index contributed by atoms with van der Waals surface area (Å²) in [4.78, 5) is 17.6. The van der Waals surface area contributed by atoms with Crippen LogP contribution in [-0.2, 0) is 4.79 Å². The highest BCUT2D eigenvalue weighted by Gasteiger charge is 2.11. The molecule has 1 rings (SSSR count). The van der Waals surface area contributed by atoms with Crippen molar-refractivity contribution in [2.45, 2.75) is 20.8 Å². The predicted molar refractivity (Wildman–Crippen MR) is 70.1 cm³/mol. The lowest BCUT2D eigenvalue weighted by atomic mass is 10.1. The standard InChI is InChI=1S/C13H18N4O/c1-4-17(5-2)12(18)9-16-13-11(8-14)10(3)6-7-15-13/h6-7H,4-5,9H2,1-3H3,(H,15,16). The molecule has 0 aliphatic carbocycles. The van der Waals surface area contributed by atoms with E-state index in [0.29, 0.717) is 24.5 Å². The van der Waals surface area contributed by atoms with Gasteiger partial charge in [-0.05, 0) is 32.4 Å². The SMILES string of the molecule is CCN(CC)C(=O)CNc1nccc(C)c1C#N. The van der Waals surface area contributed by atoms with Crippen molar-refractivity contribution in [3.05, 3.63) is 23.4 Å². The normalized spacial score (nSPS) is 9.67. The van der Waals surface area contributed by atoms with Gasteiger partial charge in [0.25, 0.3) is 0 Å².